The van der Waals surface area contributed by atoms with E-state index in [4.69, 9.17) is 0 Å². The third-order valence-corrected chi connectivity index (χ3v) is 3.45. The Kier molecular flexibility index (Phi) is 4.46. The lowest BCUT2D eigenvalue weighted by molar-refractivity contribution is -0.137. The Bertz CT molecular complexity index is 791. The van der Waals surface area contributed by atoms with Crippen LogP contribution in [0.4, 0.5) is 13.2 Å². The van der Waals surface area contributed by atoms with Gasteiger partial charge in [0.05, 0.1) is 17.2 Å². The number of phenolic OH excluding ortho intramolecular Hbond substituents is 1. The summed E-state index contributed by atoms with van der Waals surface area (Å²) >= 11 is 0. The number of phenols is 1. The van der Waals surface area contributed by atoms with E-state index in [-0.39, 0.29) is 16.9 Å². The lowest BCUT2D eigenvalue weighted by Crippen LogP contribution is -2.04. The SMILES string of the molecule is Cc1cc(/C=C(/C#N)c2cccc(C(F)(F)F)c2)cc(C)c1O. The monoisotopic (exact) mass is 317 g/mol. The third-order valence-electron chi connectivity index (χ3n) is 3.45. The standard InChI is InChI=1S/C18H14F3NO/c1-11-6-13(7-12(2)17(11)23)8-15(10-22)14-4-3-5-16(9-14)18(19,20)21/h3-9,23H,1-2H3/b15-8-. The first-order valence-corrected chi connectivity index (χ1v) is 6.82. The molecule has 0 aromatic heterocycles. The molecule has 0 fully saturated rings. The first-order valence-electron chi connectivity index (χ1n) is 6.82. The molecule has 0 aliphatic heterocycles. The van der Waals surface area contributed by atoms with Crippen LogP contribution in [0.3, 0.4) is 0 Å². The van der Waals surface area contributed by atoms with Crippen molar-refractivity contribution in [2.24, 2.45) is 0 Å². The number of hydrogen-bond acceptors (Lipinski definition) is 2. The Hall–Kier alpha value is -2.74. The molecule has 0 saturated carbocycles. The smallest absolute Gasteiger partial charge is 0.416 e. The number of nitrogens with zero attached hydrogens (tertiary/aromatic N) is 1. The van der Waals surface area contributed by atoms with Gasteiger partial charge in [-0.3, -0.25) is 0 Å². The molecule has 0 atom stereocenters. The molecule has 0 saturated heterocycles. The molecule has 23 heavy (non-hydrogen) atoms. The van der Waals surface area contributed by atoms with Gasteiger partial charge in [0, 0.05) is 0 Å². The number of rotatable bonds is 2. The predicted molar refractivity (Wildman–Crippen MR) is 82.5 cm³/mol. The number of aryl methyl sites for hydroxylation is 2. The number of halogens is 3. The second-order valence-electron chi connectivity index (χ2n) is 5.25. The Labute approximate surface area is 132 Å². The van der Waals surface area contributed by atoms with E-state index in [0.29, 0.717) is 16.7 Å². The fourth-order valence-electron chi connectivity index (χ4n) is 2.28. The highest BCUT2D eigenvalue weighted by Crippen LogP contribution is 2.31. The van der Waals surface area contributed by atoms with Crippen molar-refractivity contribution in [2.45, 2.75) is 20.0 Å². The summed E-state index contributed by atoms with van der Waals surface area (Å²) in [4.78, 5) is 0. The molecular formula is C18H14F3NO. The number of nitriles is 1. The van der Waals surface area contributed by atoms with Gasteiger partial charge in [-0.1, -0.05) is 12.1 Å². The molecule has 118 valence electrons. The fourth-order valence-corrected chi connectivity index (χ4v) is 2.28. The van der Waals surface area contributed by atoms with Crippen molar-refractivity contribution in [3.63, 3.8) is 0 Å². The molecule has 2 nitrogen and oxygen atoms in total. The maximum Gasteiger partial charge on any atom is 0.416 e. The second kappa shape index (κ2) is 6.17. The maximum atomic E-state index is 12.8. The Balaban J connectivity index is 2.51. The van der Waals surface area contributed by atoms with Gasteiger partial charge in [-0.05, 0) is 66.4 Å². The van der Waals surface area contributed by atoms with Gasteiger partial charge in [0.15, 0.2) is 0 Å². The van der Waals surface area contributed by atoms with Crippen LogP contribution >= 0.6 is 0 Å². The predicted octanol–water partition coefficient (Wildman–Crippen LogP) is 5.09. The summed E-state index contributed by atoms with van der Waals surface area (Å²) in [6.07, 6.45) is -2.95. The lowest BCUT2D eigenvalue weighted by atomic mass is 9.99. The minimum absolute atomic E-state index is 0.126. The van der Waals surface area contributed by atoms with Gasteiger partial charge in [-0.2, -0.15) is 18.4 Å². The van der Waals surface area contributed by atoms with Gasteiger partial charge < -0.3 is 5.11 Å². The van der Waals surface area contributed by atoms with Crippen molar-refractivity contribution in [3.05, 3.63) is 64.2 Å². The summed E-state index contributed by atoms with van der Waals surface area (Å²) in [6, 6.07) is 9.93. The third kappa shape index (κ3) is 3.72. The largest absolute Gasteiger partial charge is 0.507 e. The summed E-state index contributed by atoms with van der Waals surface area (Å²) in [5.41, 5.74) is 1.45. The summed E-state index contributed by atoms with van der Waals surface area (Å²) in [6.45, 7) is 3.44. The Morgan fingerprint density at radius 1 is 1.13 bits per heavy atom. The molecule has 2 aromatic rings. The minimum Gasteiger partial charge on any atom is -0.507 e. The van der Waals surface area contributed by atoms with E-state index in [2.05, 4.69) is 0 Å². The van der Waals surface area contributed by atoms with Crippen molar-refractivity contribution in [1.29, 1.82) is 5.26 Å². The molecular weight excluding hydrogens is 303 g/mol. The quantitative estimate of drug-likeness (QED) is 0.619. The van der Waals surface area contributed by atoms with Crippen molar-refractivity contribution in [2.75, 3.05) is 0 Å². The number of hydrogen-bond donors (Lipinski definition) is 1. The first-order chi connectivity index (χ1) is 10.7. The highest BCUT2D eigenvalue weighted by molar-refractivity contribution is 5.90. The van der Waals surface area contributed by atoms with Crippen molar-refractivity contribution in [1.82, 2.24) is 0 Å². The summed E-state index contributed by atoms with van der Waals surface area (Å²) in [5, 5.41) is 19.0. The number of alkyl halides is 3. The molecule has 5 heteroatoms. The number of aromatic hydroxyl groups is 1. The Morgan fingerprint density at radius 2 is 1.74 bits per heavy atom. The normalized spacial score (nSPS) is 12.1. The maximum absolute atomic E-state index is 12.8. The first kappa shape index (κ1) is 16.6. The van der Waals surface area contributed by atoms with Gasteiger partial charge in [0.25, 0.3) is 0 Å². The molecule has 2 rings (SSSR count). The average Bonchev–Trinajstić information content (AvgIpc) is 2.49. The van der Waals surface area contributed by atoms with Gasteiger partial charge >= 0.3 is 6.18 Å². The molecule has 0 aliphatic carbocycles. The topological polar surface area (TPSA) is 44.0 Å². The van der Waals surface area contributed by atoms with Crippen molar-refractivity contribution >= 4 is 11.6 Å². The Morgan fingerprint density at radius 3 is 2.26 bits per heavy atom. The highest BCUT2D eigenvalue weighted by atomic mass is 19.4. The van der Waals surface area contributed by atoms with E-state index < -0.39 is 11.7 Å². The molecule has 0 bridgehead atoms. The van der Waals surface area contributed by atoms with Crippen LogP contribution in [0.15, 0.2) is 36.4 Å². The summed E-state index contributed by atoms with van der Waals surface area (Å²) < 4.78 is 38.3. The van der Waals surface area contributed by atoms with Crippen LogP contribution in [0.1, 0.15) is 27.8 Å². The fraction of sp³-hybridized carbons (Fsp3) is 0.167. The van der Waals surface area contributed by atoms with Crippen LogP contribution in [-0.2, 0) is 6.18 Å². The molecule has 0 unspecified atom stereocenters. The van der Waals surface area contributed by atoms with E-state index >= 15 is 0 Å². The van der Waals surface area contributed by atoms with Crippen LogP contribution in [0.25, 0.3) is 11.6 Å². The molecule has 0 amide bonds. The van der Waals surface area contributed by atoms with E-state index in [0.717, 1.165) is 12.1 Å². The zero-order chi connectivity index (χ0) is 17.2. The van der Waals surface area contributed by atoms with Crippen LogP contribution in [0.5, 0.6) is 5.75 Å². The van der Waals surface area contributed by atoms with Crippen molar-refractivity contribution in [3.8, 4) is 11.8 Å². The van der Waals surface area contributed by atoms with Crippen LogP contribution in [-0.4, -0.2) is 5.11 Å². The van der Waals surface area contributed by atoms with E-state index in [1.165, 1.54) is 18.2 Å². The minimum atomic E-state index is -4.46. The van der Waals surface area contributed by atoms with Crippen LogP contribution < -0.4 is 0 Å². The van der Waals surface area contributed by atoms with Crippen LogP contribution in [0, 0.1) is 25.2 Å². The molecule has 0 spiro atoms. The number of allylic oxidation sites excluding steroid dienone is 1. The molecule has 1 N–H and O–H groups in total. The van der Waals surface area contributed by atoms with Gasteiger partial charge in [-0.25, -0.2) is 0 Å². The molecule has 0 radical (unpaired) electrons. The zero-order valence-electron chi connectivity index (χ0n) is 12.6. The van der Waals surface area contributed by atoms with E-state index in [9.17, 15) is 23.5 Å². The molecule has 2 aromatic carbocycles. The lowest BCUT2D eigenvalue weighted by Gasteiger charge is -2.09. The number of benzene rings is 2. The van der Waals surface area contributed by atoms with Gasteiger partial charge in [0.2, 0.25) is 0 Å². The summed E-state index contributed by atoms with van der Waals surface area (Å²) in [7, 11) is 0. The van der Waals surface area contributed by atoms with Crippen LogP contribution in [0.2, 0.25) is 0 Å². The molecule has 0 aliphatic rings. The summed E-state index contributed by atoms with van der Waals surface area (Å²) in [5.74, 6) is 0.166. The zero-order valence-corrected chi connectivity index (χ0v) is 12.6. The van der Waals surface area contributed by atoms with Crippen molar-refractivity contribution < 1.29 is 18.3 Å². The van der Waals surface area contributed by atoms with E-state index in [1.807, 2.05) is 6.07 Å². The molecule has 0 heterocycles. The van der Waals surface area contributed by atoms with Gasteiger partial charge in [0.1, 0.15) is 5.75 Å². The van der Waals surface area contributed by atoms with Gasteiger partial charge in [-0.15, -0.1) is 0 Å². The average molecular weight is 317 g/mol. The van der Waals surface area contributed by atoms with E-state index in [1.54, 1.807) is 26.0 Å². The highest BCUT2D eigenvalue weighted by Gasteiger charge is 2.30. The second-order valence-corrected chi connectivity index (χ2v) is 5.25.